The number of fused-ring (bicyclic) bond motifs is 1. The highest BCUT2D eigenvalue weighted by molar-refractivity contribution is 5.37. The molecule has 1 fully saturated rings. The second-order valence-electron chi connectivity index (χ2n) is 6.70. The van der Waals surface area contributed by atoms with E-state index in [1.807, 2.05) is 0 Å². The van der Waals surface area contributed by atoms with E-state index in [2.05, 4.69) is 30.4 Å². The van der Waals surface area contributed by atoms with E-state index in [0.717, 1.165) is 18.7 Å². The van der Waals surface area contributed by atoms with Crippen LogP contribution in [-0.2, 0) is 12.8 Å². The number of hydrogen-bond donors (Lipinski definition) is 1. The molecule has 1 aromatic rings. The van der Waals surface area contributed by atoms with Crippen molar-refractivity contribution in [1.82, 2.24) is 5.32 Å². The molecule has 2 nitrogen and oxygen atoms in total. The first-order chi connectivity index (χ1) is 10.3. The van der Waals surface area contributed by atoms with Crippen molar-refractivity contribution in [2.45, 2.75) is 76.9 Å². The summed E-state index contributed by atoms with van der Waals surface area (Å²) >= 11 is 0. The van der Waals surface area contributed by atoms with E-state index >= 15 is 0 Å². The van der Waals surface area contributed by atoms with Crippen LogP contribution in [0.25, 0.3) is 0 Å². The van der Waals surface area contributed by atoms with Crippen LogP contribution in [-0.4, -0.2) is 18.7 Å². The maximum atomic E-state index is 6.29. The number of hydrogen-bond acceptors (Lipinski definition) is 2. The molecule has 0 heterocycles. The molecule has 116 valence electrons. The summed E-state index contributed by atoms with van der Waals surface area (Å²) in [5.41, 5.74) is 3.06. The maximum Gasteiger partial charge on any atom is 0.120 e. The molecule has 0 radical (unpaired) electrons. The van der Waals surface area contributed by atoms with Gasteiger partial charge in [0.1, 0.15) is 11.9 Å². The van der Waals surface area contributed by atoms with Gasteiger partial charge in [-0.15, -0.1) is 0 Å². The van der Waals surface area contributed by atoms with Crippen molar-refractivity contribution in [2.24, 2.45) is 0 Å². The highest BCUT2D eigenvalue weighted by Gasteiger charge is 2.23. The molecule has 21 heavy (non-hydrogen) atoms. The number of ether oxygens (including phenoxy) is 1. The Morgan fingerprint density at radius 1 is 1.10 bits per heavy atom. The van der Waals surface area contributed by atoms with Crippen LogP contribution >= 0.6 is 0 Å². The van der Waals surface area contributed by atoms with E-state index in [0.29, 0.717) is 12.1 Å². The largest absolute Gasteiger partial charge is 0.490 e. The molecule has 0 spiro atoms. The molecule has 2 aliphatic rings. The fourth-order valence-corrected chi connectivity index (χ4v) is 3.76. The highest BCUT2D eigenvalue weighted by Crippen LogP contribution is 2.28. The molecule has 2 atom stereocenters. The first kappa shape index (κ1) is 14.9. The lowest BCUT2D eigenvalue weighted by atomic mass is 9.91. The summed E-state index contributed by atoms with van der Waals surface area (Å²) < 4.78 is 6.29. The van der Waals surface area contributed by atoms with Crippen LogP contribution in [0.3, 0.4) is 0 Å². The standard InChI is InChI=1S/C19H29NO/c1-2-12-20-17-8-5-9-18(14-17)21-19-11-10-15-6-3-4-7-16(15)13-19/h10-11,13,17-18,20H,2-9,12,14H2,1H3. The van der Waals surface area contributed by atoms with Gasteiger partial charge in [0.05, 0.1) is 0 Å². The van der Waals surface area contributed by atoms with Crippen LogP contribution in [0, 0.1) is 0 Å². The third kappa shape index (κ3) is 4.00. The van der Waals surface area contributed by atoms with Crippen molar-refractivity contribution in [1.29, 1.82) is 0 Å². The summed E-state index contributed by atoms with van der Waals surface area (Å²) in [5.74, 6) is 1.09. The first-order valence-electron chi connectivity index (χ1n) is 8.87. The van der Waals surface area contributed by atoms with Gasteiger partial charge in [-0.05, 0) is 87.6 Å². The van der Waals surface area contributed by atoms with Crippen molar-refractivity contribution in [2.75, 3.05) is 6.54 Å². The number of nitrogens with one attached hydrogen (secondary N) is 1. The molecule has 0 bridgehead atoms. The Labute approximate surface area is 129 Å². The highest BCUT2D eigenvalue weighted by atomic mass is 16.5. The van der Waals surface area contributed by atoms with Gasteiger partial charge in [-0.2, -0.15) is 0 Å². The molecule has 0 aliphatic heterocycles. The topological polar surface area (TPSA) is 21.3 Å². The lowest BCUT2D eigenvalue weighted by molar-refractivity contribution is 0.134. The molecule has 2 unspecified atom stereocenters. The number of rotatable bonds is 5. The van der Waals surface area contributed by atoms with E-state index < -0.39 is 0 Å². The van der Waals surface area contributed by atoms with Gasteiger partial charge >= 0.3 is 0 Å². The minimum Gasteiger partial charge on any atom is -0.490 e. The van der Waals surface area contributed by atoms with Gasteiger partial charge in [-0.1, -0.05) is 13.0 Å². The Kier molecular flexibility index (Phi) is 5.18. The molecule has 3 rings (SSSR count). The van der Waals surface area contributed by atoms with Gasteiger partial charge in [0.15, 0.2) is 0 Å². The van der Waals surface area contributed by atoms with E-state index in [9.17, 15) is 0 Å². The van der Waals surface area contributed by atoms with E-state index in [1.54, 1.807) is 5.56 Å². The minimum atomic E-state index is 0.398. The molecule has 1 N–H and O–H groups in total. The average Bonchev–Trinajstić information content (AvgIpc) is 2.53. The van der Waals surface area contributed by atoms with E-state index in [4.69, 9.17) is 4.74 Å². The van der Waals surface area contributed by atoms with Gasteiger partial charge in [0.25, 0.3) is 0 Å². The zero-order chi connectivity index (χ0) is 14.5. The van der Waals surface area contributed by atoms with Crippen LogP contribution in [0.4, 0.5) is 0 Å². The molecule has 0 saturated heterocycles. The predicted molar refractivity (Wildman–Crippen MR) is 88.0 cm³/mol. The second-order valence-corrected chi connectivity index (χ2v) is 6.70. The van der Waals surface area contributed by atoms with Crippen LogP contribution in [0.5, 0.6) is 5.75 Å². The van der Waals surface area contributed by atoms with Crippen molar-refractivity contribution < 1.29 is 4.74 Å². The first-order valence-corrected chi connectivity index (χ1v) is 8.87. The van der Waals surface area contributed by atoms with Gasteiger partial charge in [0.2, 0.25) is 0 Å². The van der Waals surface area contributed by atoms with Crippen molar-refractivity contribution >= 4 is 0 Å². The van der Waals surface area contributed by atoms with Crippen molar-refractivity contribution in [3.63, 3.8) is 0 Å². The summed E-state index contributed by atoms with van der Waals surface area (Å²) in [6.07, 6.45) is 11.8. The SMILES string of the molecule is CCCNC1CCCC(Oc2ccc3c(c2)CCCC3)C1. The minimum absolute atomic E-state index is 0.398. The average molecular weight is 287 g/mol. The number of aryl methyl sites for hydroxylation is 2. The van der Waals surface area contributed by atoms with Crippen LogP contribution in [0.1, 0.15) is 63.0 Å². The molecule has 2 aliphatic carbocycles. The monoisotopic (exact) mass is 287 g/mol. The van der Waals surface area contributed by atoms with Gasteiger partial charge < -0.3 is 10.1 Å². The summed E-state index contributed by atoms with van der Waals surface area (Å²) in [6.45, 7) is 3.37. The lowest BCUT2D eigenvalue weighted by Gasteiger charge is -2.30. The summed E-state index contributed by atoms with van der Waals surface area (Å²) in [6, 6.07) is 7.44. The lowest BCUT2D eigenvalue weighted by Crippen LogP contribution is -2.38. The Hall–Kier alpha value is -1.02. The summed E-state index contributed by atoms with van der Waals surface area (Å²) in [7, 11) is 0. The van der Waals surface area contributed by atoms with Crippen molar-refractivity contribution in [3.8, 4) is 5.75 Å². The van der Waals surface area contributed by atoms with Crippen LogP contribution in [0.2, 0.25) is 0 Å². The summed E-state index contributed by atoms with van der Waals surface area (Å²) in [4.78, 5) is 0. The quantitative estimate of drug-likeness (QED) is 0.874. The predicted octanol–water partition coefficient (Wildman–Crippen LogP) is 4.26. The molecule has 1 aromatic carbocycles. The number of benzene rings is 1. The third-order valence-electron chi connectivity index (χ3n) is 4.93. The van der Waals surface area contributed by atoms with Crippen molar-refractivity contribution in [3.05, 3.63) is 29.3 Å². The Morgan fingerprint density at radius 3 is 2.81 bits per heavy atom. The second kappa shape index (κ2) is 7.31. The Balaban J connectivity index is 1.58. The molecule has 0 amide bonds. The summed E-state index contributed by atoms with van der Waals surface area (Å²) in [5, 5.41) is 3.66. The molecular weight excluding hydrogens is 258 g/mol. The van der Waals surface area contributed by atoms with Gasteiger partial charge in [0, 0.05) is 6.04 Å². The zero-order valence-corrected chi connectivity index (χ0v) is 13.4. The molecular formula is C19H29NO. The molecule has 1 saturated carbocycles. The normalized spacial score (nSPS) is 25.4. The van der Waals surface area contributed by atoms with Crippen LogP contribution in [0.15, 0.2) is 18.2 Å². The van der Waals surface area contributed by atoms with E-state index in [1.165, 1.54) is 56.9 Å². The Bertz CT molecular complexity index is 457. The Morgan fingerprint density at radius 2 is 1.95 bits per heavy atom. The maximum absolute atomic E-state index is 6.29. The smallest absolute Gasteiger partial charge is 0.120 e. The zero-order valence-electron chi connectivity index (χ0n) is 13.4. The molecule has 0 aromatic heterocycles. The third-order valence-corrected chi connectivity index (χ3v) is 4.93. The fraction of sp³-hybridized carbons (Fsp3) is 0.684. The molecule has 2 heteroatoms. The van der Waals surface area contributed by atoms with E-state index in [-0.39, 0.29) is 0 Å². The fourth-order valence-electron chi connectivity index (χ4n) is 3.76. The van der Waals surface area contributed by atoms with Gasteiger partial charge in [-0.25, -0.2) is 0 Å². The van der Waals surface area contributed by atoms with Crippen LogP contribution < -0.4 is 10.1 Å². The van der Waals surface area contributed by atoms with Gasteiger partial charge in [-0.3, -0.25) is 0 Å².